The number of sulfone groups is 1. The molecule has 32 heavy (non-hydrogen) atoms. The summed E-state index contributed by atoms with van der Waals surface area (Å²) in [5, 5.41) is 0.607. The van der Waals surface area contributed by atoms with Gasteiger partial charge in [-0.2, -0.15) is 17.6 Å². The summed E-state index contributed by atoms with van der Waals surface area (Å²) in [6.07, 6.45) is -2.13. The number of rotatable bonds is 5. The van der Waals surface area contributed by atoms with E-state index in [0.717, 1.165) is 18.3 Å². The Kier molecular flexibility index (Phi) is 5.63. The van der Waals surface area contributed by atoms with E-state index in [4.69, 9.17) is 4.74 Å². The van der Waals surface area contributed by atoms with Gasteiger partial charge in [-0.25, -0.2) is 13.4 Å². The van der Waals surface area contributed by atoms with Gasteiger partial charge in [0, 0.05) is 17.1 Å². The second-order valence-corrected chi connectivity index (χ2v) is 9.83. The van der Waals surface area contributed by atoms with Crippen molar-refractivity contribution in [3.63, 3.8) is 0 Å². The van der Waals surface area contributed by atoms with Gasteiger partial charge in [0.2, 0.25) is 0 Å². The van der Waals surface area contributed by atoms with Crippen LogP contribution in [0.1, 0.15) is 10.6 Å². The van der Waals surface area contributed by atoms with Crippen molar-refractivity contribution in [1.29, 1.82) is 0 Å². The van der Waals surface area contributed by atoms with Crippen LogP contribution in [0, 0.1) is 5.13 Å². The van der Waals surface area contributed by atoms with Gasteiger partial charge < -0.3 is 4.74 Å². The Hall–Kier alpha value is -3.05. The van der Waals surface area contributed by atoms with E-state index >= 15 is 0 Å². The maximum atomic E-state index is 13.2. The zero-order valence-electron chi connectivity index (χ0n) is 16.4. The van der Waals surface area contributed by atoms with E-state index < -0.39 is 32.5 Å². The van der Waals surface area contributed by atoms with Crippen LogP contribution in [-0.2, 0) is 21.8 Å². The van der Waals surface area contributed by atoms with Crippen LogP contribution in [0.3, 0.4) is 0 Å². The fourth-order valence-corrected chi connectivity index (χ4v) is 5.51. The van der Waals surface area contributed by atoms with Crippen LogP contribution in [-0.4, -0.2) is 25.5 Å². The Morgan fingerprint density at radius 2 is 1.84 bits per heavy atom. The van der Waals surface area contributed by atoms with E-state index in [1.165, 1.54) is 37.6 Å². The fourth-order valence-electron chi connectivity index (χ4n) is 3.23. The number of pyridine rings is 1. The normalized spacial score (nSPS) is 12.3. The Labute approximate surface area is 184 Å². The average Bonchev–Trinajstić information content (AvgIpc) is 3.15. The largest absolute Gasteiger partial charge is 0.496 e. The molecule has 166 valence electrons. The molecule has 0 N–H and O–H groups in total. The van der Waals surface area contributed by atoms with E-state index in [1.54, 1.807) is 6.07 Å². The van der Waals surface area contributed by atoms with Crippen LogP contribution in [0.25, 0.3) is 22.0 Å². The minimum absolute atomic E-state index is 0.0112. The lowest BCUT2D eigenvalue weighted by atomic mass is 10.0. The maximum absolute atomic E-state index is 13.2. The van der Waals surface area contributed by atoms with Crippen LogP contribution in [0.5, 0.6) is 5.75 Å². The monoisotopic (exact) mass is 482 g/mol. The van der Waals surface area contributed by atoms with Crippen LogP contribution in [0.4, 0.5) is 17.6 Å². The molecule has 0 aliphatic rings. The van der Waals surface area contributed by atoms with Gasteiger partial charge in [0.15, 0.2) is 15.0 Å². The van der Waals surface area contributed by atoms with E-state index in [1.807, 2.05) is 0 Å². The smallest absolute Gasteiger partial charge is 0.416 e. The minimum Gasteiger partial charge on any atom is -0.496 e. The van der Waals surface area contributed by atoms with Crippen molar-refractivity contribution in [3.8, 4) is 17.0 Å². The third-order valence-corrected chi connectivity index (χ3v) is 7.31. The molecule has 0 atom stereocenters. The summed E-state index contributed by atoms with van der Waals surface area (Å²) in [5.41, 5.74) is -0.177. The minimum atomic E-state index is -4.53. The van der Waals surface area contributed by atoms with E-state index in [9.17, 15) is 26.0 Å². The molecular formula is C21H14F4N2O3S2. The molecule has 11 heteroatoms. The first-order chi connectivity index (χ1) is 15.1. The fraction of sp³-hybridized carbons (Fsp3) is 0.143. The number of thiazole rings is 1. The van der Waals surface area contributed by atoms with Crippen molar-refractivity contribution >= 4 is 31.9 Å². The van der Waals surface area contributed by atoms with Crippen LogP contribution in [0.2, 0.25) is 0 Å². The van der Waals surface area contributed by atoms with Crippen molar-refractivity contribution in [2.24, 2.45) is 0 Å². The summed E-state index contributed by atoms with van der Waals surface area (Å²) in [4.78, 5) is 8.04. The molecule has 4 aromatic rings. The third kappa shape index (κ3) is 4.30. The molecule has 0 radical (unpaired) electrons. The summed E-state index contributed by atoms with van der Waals surface area (Å²) < 4.78 is 83.0. The first-order valence-electron chi connectivity index (χ1n) is 9.06. The highest BCUT2D eigenvalue weighted by atomic mass is 32.2. The van der Waals surface area contributed by atoms with E-state index in [0.29, 0.717) is 33.4 Å². The molecule has 0 aliphatic carbocycles. The molecule has 0 unspecified atom stereocenters. The Bertz CT molecular complexity index is 1420. The van der Waals surface area contributed by atoms with Gasteiger partial charge in [-0.3, -0.25) is 4.98 Å². The summed E-state index contributed by atoms with van der Waals surface area (Å²) in [5.74, 6) is -0.458. The summed E-state index contributed by atoms with van der Waals surface area (Å²) in [7, 11) is -2.53. The zero-order valence-corrected chi connectivity index (χ0v) is 18.0. The number of hydrogen-bond donors (Lipinski definition) is 0. The molecule has 0 fully saturated rings. The van der Waals surface area contributed by atoms with Crippen molar-refractivity contribution in [2.75, 3.05) is 7.11 Å². The first kappa shape index (κ1) is 22.2. The second kappa shape index (κ2) is 8.14. The van der Waals surface area contributed by atoms with Gasteiger partial charge in [0.25, 0.3) is 0 Å². The van der Waals surface area contributed by atoms with Crippen molar-refractivity contribution < 1.29 is 30.7 Å². The number of fused-ring (bicyclic) bond motifs is 1. The SMILES string of the molecule is COc1cc(C(F)(F)F)ccc1-c1nccc2cc(S(=O)(=O)Cc3ncc(F)s3)ccc12. The van der Waals surface area contributed by atoms with Gasteiger partial charge in [0.1, 0.15) is 16.5 Å². The van der Waals surface area contributed by atoms with Crippen molar-refractivity contribution in [2.45, 2.75) is 16.8 Å². The Balaban J connectivity index is 1.78. The highest BCUT2D eigenvalue weighted by molar-refractivity contribution is 7.90. The second-order valence-electron chi connectivity index (χ2n) is 6.77. The molecule has 5 nitrogen and oxygen atoms in total. The number of benzene rings is 2. The van der Waals surface area contributed by atoms with Gasteiger partial charge in [0.05, 0.1) is 29.5 Å². The molecule has 2 heterocycles. The number of ether oxygens (including phenoxy) is 1. The molecule has 0 saturated heterocycles. The molecule has 4 rings (SSSR count). The zero-order chi connectivity index (χ0) is 23.1. The van der Waals surface area contributed by atoms with Gasteiger partial charge >= 0.3 is 6.18 Å². The third-order valence-electron chi connectivity index (χ3n) is 4.72. The molecule has 0 aliphatic heterocycles. The standard InChI is InChI=1S/C21H14F4N2O3S2/c1-30-17-9-13(21(23,24)25)2-4-16(17)20-15-5-3-14(8-12(15)6-7-26-20)32(28,29)11-19-27-10-18(22)31-19/h2-10H,11H2,1H3. The Morgan fingerprint density at radius 3 is 2.50 bits per heavy atom. The summed E-state index contributed by atoms with van der Waals surface area (Å²) in [6, 6.07) is 9.04. The van der Waals surface area contributed by atoms with Crippen molar-refractivity contribution in [3.05, 3.63) is 70.6 Å². The quantitative estimate of drug-likeness (QED) is 0.352. The summed E-state index contributed by atoms with van der Waals surface area (Å²) in [6.45, 7) is 0. The molecule has 0 spiro atoms. The predicted octanol–water partition coefficient (Wildman–Crippen LogP) is 5.50. The highest BCUT2D eigenvalue weighted by Crippen LogP contribution is 2.39. The number of nitrogens with zero attached hydrogens (tertiary/aromatic N) is 2. The highest BCUT2D eigenvalue weighted by Gasteiger charge is 2.31. The van der Waals surface area contributed by atoms with E-state index in [2.05, 4.69) is 9.97 Å². The molecule has 2 aromatic carbocycles. The average molecular weight is 482 g/mol. The molecule has 2 aromatic heterocycles. The van der Waals surface area contributed by atoms with Gasteiger partial charge in [-0.1, -0.05) is 17.4 Å². The topological polar surface area (TPSA) is 69.2 Å². The number of alkyl halides is 3. The van der Waals surface area contributed by atoms with Crippen LogP contribution < -0.4 is 4.74 Å². The lowest BCUT2D eigenvalue weighted by Crippen LogP contribution is -2.06. The summed E-state index contributed by atoms with van der Waals surface area (Å²) >= 11 is 0.659. The van der Waals surface area contributed by atoms with Gasteiger partial charge in [-0.15, -0.1) is 0 Å². The number of methoxy groups -OCH3 is 1. The lowest BCUT2D eigenvalue weighted by molar-refractivity contribution is -0.137. The molecule has 0 amide bonds. The number of hydrogen-bond acceptors (Lipinski definition) is 6. The Morgan fingerprint density at radius 1 is 1.06 bits per heavy atom. The maximum Gasteiger partial charge on any atom is 0.416 e. The lowest BCUT2D eigenvalue weighted by Gasteiger charge is -2.14. The van der Waals surface area contributed by atoms with Gasteiger partial charge in [-0.05, 0) is 41.8 Å². The van der Waals surface area contributed by atoms with Crippen LogP contribution in [0.15, 0.2) is 59.8 Å². The number of halogens is 4. The van der Waals surface area contributed by atoms with E-state index in [-0.39, 0.29) is 15.7 Å². The number of aromatic nitrogens is 2. The molecule has 0 saturated carbocycles. The molecule has 0 bridgehead atoms. The van der Waals surface area contributed by atoms with Crippen LogP contribution >= 0.6 is 11.3 Å². The first-order valence-corrected chi connectivity index (χ1v) is 11.5. The molecular weight excluding hydrogens is 468 g/mol. The predicted molar refractivity (Wildman–Crippen MR) is 112 cm³/mol. The van der Waals surface area contributed by atoms with Crippen molar-refractivity contribution in [1.82, 2.24) is 9.97 Å².